The van der Waals surface area contributed by atoms with Crippen LogP contribution in [0.1, 0.15) is 15.9 Å². The fraction of sp³-hybridized carbons (Fsp3) is 0. The fourth-order valence-electron chi connectivity index (χ4n) is 5.25. The molecule has 0 aliphatic heterocycles. The monoisotopic (exact) mass is 898 g/mol. The van der Waals surface area contributed by atoms with Gasteiger partial charge in [0.1, 0.15) is 47.4 Å². The average molecular weight is 899 g/mol. The van der Waals surface area contributed by atoms with Crippen LogP contribution in [-0.4, -0.2) is 50.4 Å². The van der Waals surface area contributed by atoms with Crippen molar-refractivity contribution in [2.75, 3.05) is 27.9 Å². The molecule has 0 radical (unpaired) electrons. The number of hydrazone groups is 1. The summed E-state index contributed by atoms with van der Waals surface area (Å²) in [5.74, 6) is -1.26. The Hall–Kier alpha value is -3.89. The molecule has 0 amide bonds. The Bertz CT molecular complexity index is 2940. The van der Waals surface area contributed by atoms with Gasteiger partial charge in [-0.1, -0.05) is 18.2 Å². The molecular formula is C34H25N10Na3O10S3. The molecule has 0 heterocycles. The molecule has 20 nitrogen and oxygen atoms in total. The van der Waals surface area contributed by atoms with Crippen LogP contribution in [0.4, 0.5) is 56.9 Å². The maximum atomic E-state index is 13.7. The summed E-state index contributed by atoms with van der Waals surface area (Å²) in [7, 11) is -16.1. The van der Waals surface area contributed by atoms with Gasteiger partial charge in [-0.05, 0) is 90.5 Å². The van der Waals surface area contributed by atoms with Crippen molar-refractivity contribution in [1.82, 2.24) is 0 Å². The molecule has 0 bridgehead atoms. The van der Waals surface area contributed by atoms with Crippen molar-refractivity contribution in [2.24, 2.45) is 25.6 Å². The molecule has 0 spiro atoms. The summed E-state index contributed by atoms with van der Waals surface area (Å²) in [6, 6.07) is 22.4. The van der Waals surface area contributed by atoms with Gasteiger partial charge < -0.3 is 36.2 Å². The van der Waals surface area contributed by atoms with Gasteiger partial charge in [0.15, 0.2) is 0 Å². The summed E-state index contributed by atoms with van der Waals surface area (Å²) in [4.78, 5) is 10.5. The molecule has 8 N–H and O–H groups in total. The molecule has 0 fully saturated rings. The van der Waals surface area contributed by atoms with Crippen LogP contribution in [0.25, 0.3) is 6.08 Å². The SMILES string of the molecule is Nc1ccc(N=Nc2ccc(Nc3ccc(N=Nc4c(S(=O)(=O)[O-])cc5c(c4N)C(=O)/C(=N/Nc4ccccc4)C(S(=O)(=O)[O-])=C5)cc3S(=O)(=O)[O-])cc2)c(N)c1.[Na+].[Na+].[Na+]. The number of carbonyl (C=O) groups excluding carboxylic acids is 1. The van der Waals surface area contributed by atoms with Crippen LogP contribution in [0.15, 0.2) is 137 Å². The maximum Gasteiger partial charge on any atom is 1.00 e. The number of rotatable bonds is 11. The molecule has 292 valence electrons. The number of nitrogen functional groups attached to an aromatic ring is 3. The van der Waals surface area contributed by atoms with Gasteiger partial charge >= 0.3 is 88.7 Å². The maximum absolute atomic E-state index is 13.7. The topological polar surface area (TPSA) is 353 Å². The minimum atomic E-state index is -5.49. The van der Waals surface area contributed by atoms with Crippen molar-refractivity contribution in [3.8, 4) is 0 Å². The van der Waals surface area contributed by atoms with Gasteiger partial charge in [0, 0.05) is 11.4 Å². The molecule has 26 heteroatoms. The molecule has 0 atom stereocenters. The number of Topliss-reactive ketones (excluding diaryl/α,β-unsaturated/α-hetero) is 1. The minimum Gasteiger partial charge on any atom is -0.744 e. The number of azo groups is 2. The minimum absolute atomic E-state index is 0. The van der Waals surface area contributed by atoms with Crippen LogP contribution in [-0.2, 0) is 30.4 Å². The molecule has 1 aliphatic carbocycles. The number of carbonyl (C=O) groups is 1. The summed E-state index contributed by atoms with van der Waals surface area (Å²) in [5.41, 5.74) is 18.1. The first-order valence-corrected chi connectivity index (χ1v) is 20.0. The van der Waals surface area contributed by atoms with Crippen LogP contribution in [0.3, 0.4) is 0 Å². The molecular weight excluding hydrogens is 874 g/mol. The van der Waals surface area contributed by atoms with Crippen LogP contribution in [0.5, 0.6) is 0 Å². The van der Waals surface area contributed by atoms with Gasteiger partial charge in [0.05, 0.1) is 54.4 Å². The number of allylic oxidation sites excluding steroid dienone is 1. The van der Waals surface area contributed by atoms with E-state index in [2.05, 4.69) is 36.3 Å². The number of nitrogens with two attached hydrogens (primary N) is 3. The quantitative estimate of drug-likeness (QED) is 0.0281. The van der Waals surface area contributed by atoms with E-state index in [4.69, 9.17) is 17.2 Å². The first kappa shape index (κ1) is 50.5. The molecule has 5 aromatic carbocycles. The number of nitrogens with zero attached hydrogens (tertiary/aromatic N) is 5. The van der Waals surface area contributed by atoms with Crippen LogP contribution in [0, 0.1) is 0 Å². The Morgan fingerprint density at radius 2 is 1.22 bits per heavy atom. The molecule has 0 saturated heterocycles. The number of hydrogen-bond acceptors (Lipinski definition) is 20. The summed E-state index contributed by atoms with van der Waals surface area (Å²) in [6.45, 7) is 0. The van der Waals surface area contributed by atoms with Gasteiger partial charge in [-0.3, -0.25) is 10.2 Å². The van der Waals surface area contributed by atoms with Crippen molar-refractivity contribution >= 4 is 105 Å². The predicted molar refractivity (Wildman–Crippen MR) is 206 cm³/mol. The third-order valence-corrected chi connectivity index (χ3v) is 10.5. The second kappa shape index (κ2) is 20.3. The van der Waals surface area contributed by atoms with Gasteiger partial charge in [-0.15, -0.1) is 10.2 Å². The third-order valence-electron chi connectivity index (χ3n) is 7.88. The third kappa shape index (κ3) is 11.9. The van der Waals surface area contributed by atoms with Gasteiger partial charge in [-0.2, -0.15) is 15.3 Å². The zero-order valence-corrected chi connectivity index (χ0v) is 40.0. The Morgan fingerprint density at radius 3 is 1.82 bits per heavy atom. The number of anilines is 6. The zero-order valence-electron chi connectivity index (χ0n) is 31.6. The summed E-state index contributed by atoms with van der Waals surface area (Å²) < 4.78 is 111. The molecule has 0 saturated carbocycles. The molecule has 60 heavy (non-hydrogen) atoms. The van der Waals surface area contributed by atoms with Crippen molar-refractivity contribution < 1.29 is 132 Å². The summed E-state index contributed by atoms with van der Waals surface area (Å²) >= 11 is 0. The second-order valence-electron chi connectivity index (χ2n) is 11.8. The second-order valence-corrected chi connectivity index (χ2v) is 15.9. The van der Waals surface area contributed by atoms with Crippen molar-refractivity contribution in [1.29, 1.82) is 0 Å². The van der Waals surface area contributed by atoms with E-state index in [0.29, 0.717) is 46.3 Å². The van der Waals surface area contributed by atoms with E-state index in [9.17, 15) is 43.7 Å². The standard InChI is InChI=1S/C34H28N10O10S3.3Na/c35-19-6-12-25(24(36)16-19)42-39-22-9-7-20(8-10-22)38-26-13-11-23(17-27(26)55(46,47)48)41-43-32-28(56(49,50)51)14-18-15-29(57(52,53)54)33(34(45)30(18)31(32)37)44-40-21-4-2-1-3-5-21;;;/h1-17,38,40H,35-37H2,(H,46,47,48)(H,49,50,51)(H,52,53,54);;;/q;3*+1/p-3/b42-39?,43-41?,44-33+;;;. The van der Waals surface area contributed by atoms with Crippen LogP contribution < -0.4 is 117 Å². The van der Waals surface area contributed by atoms with Crippen molar-refractivity contribution in [2.45, 2.75) is 9.79 Å². The number of benzene rings is 5. The Balaban J connectivity index is 0.00000320. The number of hydrogen-bond donors (Lipinski definition) is 5. The van der Waals surface area contributed by atoms with E-state index in [0.717, 1.165) is 12.1 Å². The Kier molecular flexibility index (Phi) is 17.1. The Labute approximate surface area is 409 Å². The molecule has 5 aromatic rings. The van der Waals surface area contributed by atoms with E-state index in [-0.39, 0.29) is 100 Å². The molecule has 0 unspecified atom stereocenters. The average Bonchev–Trinajstić information content (AvgIpc) is 3.13. The molecule has 1 aliphatic rings. The predicted octanol–water partition coefficient (Wildman–Crippen LogP) is -3.62. The normalized spacial score (nSPS) is 13.5. The smallest absolute Gasteiger partial charge is 0.744 e. The first-order valence-electron chi connectivity index (χ1n) is 15.8. The van der Waals surface area contributed by atoms with E-state index in [1.807, 2.05) is 0 Å². The van der Waals surface area contributed by atoms with Gasteiger partial charge in [0.2, 0.25) is 5.78 Å². The fourth-order valence-corrected chi connectivity index (χ4v) is 7.21. The van der Waals surface area contributed by atoms with Crippen LogP contribution in [0.2, 0.25) is 0 Å². The largest absolute Gasteiger partial charge is 1.00 e. The summed E-state index contributed by atoms with van der Waals surface area (Å²) in [5, 5.41) is 22.3. The van der Waals surface area contributed by atoms with Gasteiger partial charge in [-0.25, -0.2) is 25.3 Å². The van der Waals surface area contributed by atoms with E-state index < -0.39 is 79.0 Å². The van der Waals surface area contributed by atoms with Gasteiger partial charge in [0.25, 0.3) is 0 Å². The Morgan fingerprint density at radius 1 is 0.600 bits per heavy atom. The summed E-state index contributed by atoms with van der Waals surface area (Å²) in [6.07, 6.45) is 0.628. The van der Waals surface area contributed by atoms with E-state index in [1.165, 1.54) is 48.5 Å². The number of para-hydroxylation sites is 1. The van der Waals surface area contributed by atoms with Crippen molar-refractivity contribution in [3.63, 3.8) is 0 Å². The number of ketones is 1. The number of fused-ring (bicyclic) bond motifs is 1. The van der Waals surface area contributed by atoms with E-state index >= 15 is 0 Å². The number of nitrogens with one attached hydrogen (secondary N) is 2. The molecule has 0 aromatic heterocycles. The van der Waals surface area contributed by atoms with Crippen molar-refractivity contribution in [3.05, 3.63) is 113 Å². The zero-order chi connectivity index (χ0) is 41.3. The molecule has 6 rings (SSSR count). The van der Waals surface area contributed by atoms with E-state index in [1.54, 1.807) is 30.3 Å². The first-order chi connectivity index (χ1) is 26.8. The van der Waals surface area contributed by atoms with Crippen LogP contribution >= 0.6 is 0 Å².